The average Bonchev–Trinajstić information content (AvgIpc) is 3.37. The van der Waals surface area contributed by atoms with Gasteiger partial charge in [-0.2, -0.15) is 0 Å². The van der Waals surface area contributed by atoms with Crippen LogP contribution >= 0.6 is 0 Å². The van der Waals surface area contributed by atoms with Crippen molar-refractivity contribution < 1.29 is 14.2 Å². The predicted octanol–water partition coefficient (Wildman–Crippen LogP) is 2.90. The summed E-state index contributed by atoms with van der Waals surface area (Å²) >= 11 is 0. The van der Waals surface area contributed by atoms with Gasteiger partial charge in [-0.3, -0.25) is 4.99 Å². The molecule has 6 nitrogen and oxygen atoms in total. The maximum Gasteiger partial charge on any atom is 0.195 e. The fourth-order valence-electron chi connectivity index (χ4n) is 2.62. The Morgan fingerprint density at radius 1 is 1.25 bits per heavy atom. The molecular weight excluding hydrogens is 306 g/mol. The summed E-state index contributed by atoms with van der Waals surface area (Å²) in [5.74, 6) is 2.20. The molecule has 0 aliphatic heterocycles. The summed E-state index contributed by atoms with van der Waals surface area (Å²) in [6.45, 7) is 4.26. The molecule has 0 spiro atoms. The Kier molecular flexibility index (Phi) is 6.73. The zero-order valence-electron chi connectivity index (χ0n) is 15.1. The summed E-state index contributed by atoms with van der Waals surface area (Å²) in [6.07, 6.45) is 3.58. The number of methoxy groups -OCH3 is 2. The normalized spacial score (nSPS) is 15.8. The van der Waals surface area contributed by atoms with Crippen LogP contribution < -0.4 is 20.1 Å². The Labute approximate surface area is 144 Å². The topological polar surface area (TPSA) is 64.1 Å². The van der Waals surface area contributed by atoms with Crippen molar-refractivity contribution in [1.29, 1.82) is 0 Å². The summed E-state index contributed by atoms with van der Waals surface area (Å²) in [7, 11) is 5.17. The predicted molar refractivity (Wildman–Crippen MR) is 97.3 cm³/mol. The van der Waals surface area contributed by atoms with Crippen LogP contribution in [0.15, 0.2) is 23.2 Å². The molecule has 1 aliphatic rings. The number of anilines is 1. The Balaban J connectivity index is 1.94. The van der Waals surface area contributed by atoms with Gasteiger partial charge in [0.25, 0.3) is 0 Å². The summed E-state index contributed by atoms with van der Waals surface area (Å²) in [6, 6.07) is 5.76. The molecule has 0 unspecified atom stereocenters. The molecule has 0 bridgehead atoms. The fraction of sp³-hybridized carbons (Fsp3) is 0.611. The van der Waals surface area contributed by atoms with E-state index in [1.165, 1.54) is 12.8 Å². The van der Waals surface area contributed by atoms with E-state index < -0.39 is 0 Å². The zero-order chi connectivity index (χ0) is 17.4. The molecule has 0 saturated heterocycles. The molecule has 134 valence electrons. The number of ether oxygens (including phenoxy) is 3. The Morgan fingerprint density at radius 3 is 2.62 bits per heavy atom. The fourth-order valence-corrected chi connectivity index (χ4v) is 2.62. The molecule has 24 heavy (non-hydrogen) atoms. The summed E-state index contributed by atoms with van der Waals surface area (Å²) in [5.41, 5.74) is 1.28. The van der Waals surface area contributed by atoms with Crippen molar-refractivity contribution in [2.75, 3.05) is 46.3 Å². The van der Waals surface area contributed by atoms with E-state index in [0.717, 1.165) is 42.7 Å². The molecule has 6 heteroatoms. The second kappa shape index (κ2) is 8.78. The molecule has 2 N–H and O–H groups in total. The first-order valence-electron chi connectivity index (χ1n) is 8.44. The molecule has 1 aliphatic carbocycles. The minimum atomic E-state index is 0.365. The van der Waals surface area contributed by atoms with Gasteiger partial charge < -0.3 is 24.8 Å². The van der Waals surface area contributed by atoms with E-state index in [9.17, 15) is 0 Å². The number of rotatable bonds is 9. The lowest BCUT2D eigenvalue weighted by Gasteiger charge is -2.19. The third-order valence-corrected chi connectivity index (χ3v) is 4.37. The van der Waals surface area contributed by atoms with E-state index in [0.29, 0.717) is 12.0 Å². The van der Waals surface area contributed by atoms with Crippen molar-refractivity contribution in [3.8, 4) is 11.5 Å². The van der Waals surface area contributed by atoms with Crippen LogP contribution in [0.5, 0.6) is 11.5 Å². The highest BCUT2D eigenvalue weighted by Gasteiger charge is 2.41. The van der Waals surface area contributed by atoms with Crippen LogP contribution in [0.2, 0.25) is 0 Å². The highest BCUT2D eigenvalue weighted by atomic mass is 16.5. The van der Waals surface area contributed by atoms with E-state index >= 15 is 0 Å². The maximum absolute atomic E-state index is 5.61. The van der Waals surface area contributed by atoms with Crippen molar-refractivity contribution in [2.24, 2.45) is 10.4 Å². The van der Waals surface area contributed by atoms with Gasteiger partial charge in [-0.05, 0) is 43.7 Å². The standard InChI is InChI=1S/C18H29N3O3/c1-5-24-16-12-14(6-7-15(16)23-4)21-17(19-2)20-13-18(8-9-18)10-11-22-3/h6-7,12H,5,8-11,13H2,1-4H3,(H2,19,20,21). The highest BCUT2D eigenvalue weighted by molar-refractivity contribution is 5.93. The number of nitrogens with one attached hydrogen (secondary N) is 2. The minimum Gasteiger partial charge on any atom is -0.493 e. The molecule has 1 aromatic rings. The van der Waals surface area contributed by atoms with Crippen molar-refractivity contribution >= 4 is 11.6 Å². The number of guanidine groups is 1. The van der Waals surface area contributed by atoms with Crippen LogP contribution in [-0.2, 0) is 4.74 Å². The molecule has 0 atom stereocenters. The number of hydrogen-bond donors (Lipinski definition) is 2. The average molecular weight is 335 g/mol. The monoisotopic (exact) mass is 335 g/mol. The molecule has 2 rings (SSSR count). The van der Waals surface area contributed by atoms with Gasteiger partial charge in [-0.15, -0.1) is 0 Å². The zero-order valence-corrected chi connectivity index (χ0v) is 15.1. The van der Waals surface area contributed by atoms with Gasteiger partial charge in [0.2, 0.25) is 0 Å². The number of nitrogens with zero attached hydrogens (tertiary/aromatic N) is 1. The number of benzene rings is 1. The van der Waals surface area contributed by atoms with E-state index in [-0.39, 0.29) is 0 Å². The summed E-state index contributed by atoms with van der Waals surface area (Å²) in [5, 5.41) is 6.73. The first-order valence-corrected chi connectivity index (χ1v) is 8.44. The van der Waals surface area contributed by atoms with Gasteiger partial charge in [-0.1, -0.05) is 0 Å². The van der Waals surface area contributed by atoms with Gasteiger partial charge in [0.05, 0.1) is 13.7 Å². The second-order valence-electron chi connectivity index (χ2n) is 6.09. The minimum absolute atomic E-state index is 0.365. The number of aliphatic imine (C=N–C) groups is 1. The van der Waals surface area contributed by atoms with Gasteiger partial charge in [0, 0.05) is 39.1 Å². The third-order valence-electron chi connectivity index (χ3n) is 4.37. The molecule has 0 amide bonds. The third kappa shape index (κ3) is 5.03. The van der Waals surface area contributed by atoms with Gasteiger partial charge in [0.15, 0.2) is 17.5 Å². The van der Waals surface area contributed by atoms with Gasteiger partial charge in [-0.25, -0.2) is 0 Å². The summed E-state index contributed by atoms with van der Waals surface area (Å²) in [4.78, 5) is 4.30. The van der Waals surface area contributed by atoms with E-state index in [4.69, 9.17) is 14.2 Å². The summed E-state index contributed by atoms with van der Waals surface area (Å²) < 4.78 is 16.1. The van der Waals surface area contributed by atoms with Crippen molar-refractivity contribution in [3.63, 3.8) is 0 Å². The Morgan fingerprint density at radius 2 is 2.04 bits per heavy atom. The first-order chi connectivity index (χ1) is 11.7. The molecule has 0 radical (unpaired) electrons. The van der Waals surface area contributed by atoms with Crippen LogP contribution in [0.1, 0.15) is 26.2 Å². The van der Waals surface area contributed by atoms with E-state index in [1.807, 2.05) is 25.1 Å². The van der Waals surface area contributed by atoms with Crippen LogP contribution in [0.25, 0.3) is 0 Å². The Hall–Kier alpha value is -1.95. The molecule has 1 aromatic carbocycles. The smallest absolute Gasteiger partial charge is 0.195 e. The van der Waals surface area contributed by atoms with Crippen molar-refractivity contribution in [1.82, 2.24) is 5.32 Å². The second-order valence-corrected chi connectivity index (χ2v) is 6.09. The van der Waals surface area contributed by atoms with E-state index in [2.05, 4.69) is 15.6 Å². The quantitative estimate of drug-likeness (QED) is 0.537. The molecule has 1 fully saturated rings. The lowest BCUT2D eigenvalue weighted by molar-refractivity contribution is 0.172. The van der Waals surface area contributed by atoms with Crippen LogP contribution in [0.4, 0.5) is 5.69 Å². The molecule has 0 heterocycles. The van der Waals surface area contributed by atoms with Crippen LogP contribution in [0, 0.1) is 5.41 Å². The lowest BCUT2D eigenvalue weighted by Crippen LogP contribution is -2.35. The van der Waals surface area contributed by atoms with Gasteiger partial charge in [0.1, 0.15) is 0 Å². The SMILES string of the molecule is CCOc1cc(NC(=NC)NCC2(CCOC)CC2)ccc1OC. The highest BCUT2D eigenvalue weighted by Crippen LogP contribution is 2.48. The van der Waals surface area contributed by atoms with Crippen molar-refractivity contribution in [3.05, 3.63) is 18.2 Å². The van der Waals surface area contributed by atoms with E-state index in [1.54, 1.807) is 21.3 Å². The largest absolute Gasteiger partial charge is 0.493 e. The maximum atomic E-state index is 5.61. The number of hydrogen-bond acceptors (Lipinski definition) is 4. The molecule has 1 saturated carbocycles. The molecule has 0 aromatic heterocycles. The van der Waals surface area contributed by atoms with Crippen LogP contribution in [-0.4, -0.2) is 47.0 Å². The first kappa shape index (κ1) is 18.4. The molecular formula is C18H29N3O3. The van der Waals surface area contributed by atoms with Crippen molar-refractivity contribution in [2.45, 2.75) is 26.2 Å². The van der Waals surface area contributed by atoms with Gasteiger partial charge >= 0.3 is 0 Å². The lowest BCUT2D eigenvalue weighted by atomic mass is 10.0. The van der Waals surface area contributed by atoms with Crippen LogP contribution in [0.3, 0.4) is 0 Å². The Bertz CT molecular complexity index is 556.